The van der Waals surface area contributed by atoms with Crippen molar-refractivity contribution in [2.45, 2.75) is 4.83 Å². The number of hydrogen-bond acceptors (Lipinski definition) is 5. The summed E-state index contributed by atoms with van der Waals surface area (Å²) in [5, 5.41) is 0. The molecule has 0 saturated carbocycles. The molecule has 0 amide bonds. The van der Waals surface area contributed by atoms with Gasteiger partial charge < -0.3 is 14.2 Å². The zero-order chi connectivity index (χ0) is 12.1. The van der Waals surface area contributed by atoms with Gasteiger partial charge in [0.05, 0.1) is 21.3 Å². The van der Waals surface area contributed by atoms with Gasteiger partial charge in [0.1, 0.15) is 5.69 Å². The van der Waals surface area contributed by atoms with Gasteiger partial charge in [0.25, 0.3) is 0 Å². The summed E-state index contributed by atoms with van der Waals surface area (Å²) >= 11 is 3.19. The van der Waals surface area contributed by atoms with E-state index in [4.69, 9.17) is 9.47 Å². The molecule has 1 unspecified atom stereocenters. The highest BCUT2D eigenvalue weighted by Gasteiger charge is 2.25. The molecular formula is C10H12BrNO4. The molecule has 0 aliphatic rings. The zero-order valence-corrected chi connectivity index (χ0v) is 10.8. The molecule has 0 radical (unpaired) electrons. The second kappa shape index (κ2) is 5.69. The number of methoxy groups -OCH3 is 3. The van der Waals surface area contributed by atoms with Crippen LogP contribution in [0.25, 0.3) is 0 Å². The molecule has 0 aromatic carbocycles. The van der Waals surface area contributed by atoms with Gasteiger partial charge in [0, 0.05) is 12.3 Å². The third-order valence-corrected chi connectivity index (χ3v) is 2.78. The zero-order valence-electron chi connectivity index (χ0n) is 9.19. The molecule has 1 aromatic heterocycles. The number of esters is 1. The standard InChI is InChI=1S/C10H12BrNO4/c1-14-6-4-5-12-8(9(6)15-2)7(11)10(13)16-3/h4-5,7H,1-3H3. The number of pyridine rings is 1. The van der Waals surface area contributed by atoms with Crippen LogP contribution in [0.2, 0.25) is 0 Å². The van der Waals surface area contributed by atoms with Crippen LogP contribution >= 0.6 is 15.9 Å². The lowest BCUT2D eigenvalue weighted by molar-refractivity contribution is -0.140. The van der Waals surface area contributed by atoms with Crippen LogP contribution in [-0.2, 0) is 9.53 Å². The van der Waals surface area contributed by atoms with Gasteiger partial charge in [0.15, 0.2) is 16.3 Å². The van der Waals surface area contributed by atoms with E-state index in [1.165, 1.54) is 27.5 Å². The molecule has 0 fully saturated rings. The smallest absolute Gasteiger partial charge is 0.325 e. The van der Waals surface area contributed by atoms with Crippen molar-refractivity contribution in [1.82, 2.24) is 4.98 Å². The van der Waals surface area contributed by atoms with Gasteiger partial charge in [-0.2, -0.15) is 0 Å². The highest BCUT2D eigenvalue weighted by molar-refractivity contribution is 9.09. The molecule has 0 aliphatic heterocycles. The summed E-state index contributed by atoms with van der Waals surface area (Å²) in [6.07, 6.45) is 1.54. The Hall–Kier alpha value is -1.30. The van der Waals surface area contributed by atoms with Crippen LogP contribution in [0.5, 0.6) is 11.5 Å². The summed E-state index contributed by atoms with van der Waals surface area (Å²) in [4.78, 5) is 14.8. The van der Waals surface area contributed by atoms with Crippen LogP contribution < -0.4 is 9.47 Å². The lowest BCUT2D eigenvalue weighted by Crippen LogP contribution is -2.11. The van der Waals surface area contributed by atoms with Crippen molar-refractivity contribution < 1.29 is 19.0 Å². The minimum atomic E-state index is -0.678. The Morgan fingerprint density at radius 3 is 2.56 bits per heavy atom. The van der Waals surface area contributed by atoms with Crippen LogP contribution in [0.3, 0.4) is 0 Å². The topological polar surface area (TPSA) is 57.7 Å². The molecule has 16 heavy (non-hydrogen) atoms. The summed E-state index contributed by atoms with van der Waals surface area (Å²) in [5.74, 6) is 0.484. The van der Waals surface area contributed by atoms with E-state index in [0.717, 1.165) is 0 Å². The Kier molecular flexibility index (Phi) is 4.54. The molecule has 1 rings (SSSR count). The fourth-order valence-electron chi connectivity index (χ4n) is 1.21. The third-order valence-electron chi connectivity index (χ3n) is 1.97. The van der Waals surface area contributed by atoms with Crippen LogP contribution in [0.15, 0.2) is 12.3 Å². The number of aromatic nitrogens is 1. The average Bonchev–Trinajstić information content (AvgIpc) is 2.35. The van der Waals surface area contributed by atoms with Crippen LogP contribution in [0.4, 0.5) is 0 Å². The van der Waals surface area contributed by atoms with Gasteiger partial charge in [-0.3, -0.25) is 9.78 Å². The van der Waals surface area contributed by atoms with Gasteiger partial charge in [-0.1, -0.05) is 15.9 Å². The summed E-state index contributed by atoms with van der Waals surface area (Å²) in [5.41, 5.74) is 0.425. The number of ether oxygens (including phenoxy) is 3. The van der Waals surface area contributed by atoms with Crippen molar-refractivity contribution in [3.05, 3.63) is 18.0 Å². The third kappa shape index (κ3) is 2.44. The first-order chi connectivity index (χ1) is 7.65. The molecule has 0 saturated heterocycles. The van der Waals surface area contributed by atoms with E-state index in [0.29, 0.717) is 17.2 Å². The second-order valence-electron chi connectivity index (χ2n) is 2.82. The monoisotopic (exact) mass is 289 g/mol. The van der Waals surface area contributed by atoms with Gasteiger partial charge >= 0.3 is 5.97 Å². The molecule has 1 atom stereocenters. The number of rotatable bonds is 4. The Bertz CT molecular complexity index is 383. The molecule has 0 N–H and O–H groups in total. The van der Waals surface area contributed by atoms with Gasteiger partial charge in [0.2, 0.25) is 0 Å². The Morgan fingerprint density at radius 2 is 2.06 bits per heavy atom. The highest BCUT2D eigenvalue weighted by Crippen LogP contribution is 2.36. The summed E-state index contributed by atoms with van der Waals surface area (Å²) in [6.45, 7) is 0. The van der Waals surface area contributed by atoms with E-state index in [1.54, 1.807) is 6.07 Å². The molecule has 0 aliphatic carbocycles. The quantitative estimate of drug-likeness (QED) is 0.624. The van der Waals surface area contributed by atoms with Gasteiger partial charge in [-0.25, -0.2) is 0 Å². The Morgan fingerprint density at radius 1 is 1.38 bits per heavy atom. The molecule has 1 heterocycles. The Balaban J connectivity index is 3.17. The van der Waals surface area contributed by atoms with Crippen molar-refractivity contribution in [1.29, 1.82) is 0 Å². The fourth-order valence-corrected chi connectivity index (χ4v) is 1.72. The number of carbonyl (C=O) groups excluding carboxylic acids is 1. The maximum absolute atomic E-state index is 11.4. The SMILES string of the molecule is COC(=O)C(Br)c1nccc(OC)c1OC. The molecule has 88 valence electrons. The Labute approximate surface area is 102 Å². The predicted molar refractivity (Wildman–Crippen MR) is 61.0 cm³/mol. The summed E-state index contributed by atoms with van der Waals surface area (Å²) < 4.78 is 14.9. The molecule has 5 nitrogen and oxygen atoms in total. The number of carbonyl (C=O) groups is 1. The maximum atomic E-state index is 11.4. The maximum Gasteiger partial charge on any atom is 0.325 e. The highest BCUT2D eigenvalue weighted by atomic mass is 79.9. The van der Waals surface area contributed by atoms with Gasteiger partial charge in [-0.05, 0) is 0 Å². The number of halogens is 1. The lowest BCUT2D eigenvalue weighted by Gasteiger charge is -2.13. The predicted octanol–water partition coefficient (Wildman–Crippen LogP) is 1.71. The molecule has 6 heteroatoms. The number of alkyl halides is 1. The first-order valence-electron chi connectivity index (χ1n) is 4.44. The van der Waals surface area contributed by atoms with Gasteiger partial charge in [-0.15, -0.1) is 0 Å². The van der Waals surface area contributed by atoms with Crippen LogP contribution in [0, 0.1) is 0 Å². The van der Waals surface area contributed by atoms with E-state index < -0.39 is 10.8 Å². The minimum Gasteiger partial charge on any atom is -0.493 e. The largest absolute Gasteiger partial charge is 0.493 e. The number of hydrogen-bond donors (Lipinski definition) is 0. The molecule has 1 aromatic rings. The normalized spacial score (nSPS) is 11.8. The molecular weight excluding hydrogens is 278 g/mol. The van der Waals surface area contributed by atoms with E-state index in [1.807, 2.05) is 0 Å². The van der Waals surface area contributed by atoms with E-state index >= 15 is 0 Å². The van der Waals surface area contributed by atoms with E-state index in [2.05, 4.69) is 25.7 Å². The number of nitrogens with zero attached hydrogens (tertiary/aromatic N) is 1. The van der Waals surface area contributed by atoms with Crippen molar-refractivity contribution in [2.24, 2.45) is 0 Å². The first kappa shape index (κ1) is 12.8. The van der Waals surface area contributed by atoms with Crippen LogP contribution in [0.1, 0.15) is 10.5 Å². The molecule has 0 spiro atoms. The lowest BCUT2D eigenvalue weighted by atomic mass is 10.2. The van der Waals surface area contributed by atoms with E-state index in [-0.39, 0.29) is 0 Å². The summed E-state index contributed by atoms with van der Waals surface area (Å²) in [7, 11) is 4.31. The summed E-state index contributed by atoms with van der Waals surface area (Å²) in [6, 6.07) is 1.65. The van der Waals surface area contributed by atoms with E-state index in [9.17, 15) is 4.79 Å². The van der Waals surface area contributed by atoms with Crippen molar-refractivity contribution in [3.8, 4) is 11.5 Å². The molecule has 0 bridgehead atoms. The fraction of sp³-hybridized carbons (Fsp3) is 0.400. The van der Waals surface area contributed by atoms with Crippen molar-refractivity contribution in [2.75, 3.05) is 21.3 Å². The average molecular weight is 290 g/mol. The minimum absolute atomic E-state index is 0.414. The van der Waals surface area contributed by atoms with Crippen LogP contribution in [-0.4, -0.2) is 32.3 Å². The van der Waals surface area contributed by atoms with Crippen molar-refractivity contribution >= 4 is 21.9 Å². The first-order valence-corrected chi connectivity index (χ1v) is 5.36. The van der Waals surface area contributed by atoms with Crippen molar-refractivity contribution in [3.63, 3.8) is 0 Å². The second-order valence-corrected chi connectivity index (χ2v) is 3.73.